The van der Waals surface area contributed by atoms with E-state index in [0.717, 1.165) is 25.4 Å². The molecule has 0 N–H and O–H groups in total. The molecule has 0 radical (unpaired) electrons. The molecule has 0 aromatic heterocycles. The van der Waals surface area contributed by atoms with Crippen LogP contribution in [0.25, 0.3) is 0 Å². The standard InChI is InChI=1S/C12H18ClNO/c1-3-14(8-7-13)10-11-5-4-6-12(9-11)15-2/h4-6,9H,3,7-8,10H2,1-2H3. The molecule has 0 aliphatic carbocycles. The Morgan fingerprint density at radius 3 is 2.80 bits per heavy atom. The highest BCUT2D eigenvalue weighted by Crippen LogP contribution is 2.14. The van der Waals surface area contributed by atoms with E-state index in [1.54, 1.807) is 7.11 Å². The molecule has 1 aromatic rings. The average molecular weight is 228 g/mol. The number of halogens is 1. The van der Waals surface area contributed by atoms with Gasteiger partial charge in [0, 0.05) is 19.0 Å². The van der Waals surface area contributed by atoms with Gasteiger partial charge in [0.15, 0.2) is 0 Å². The largest absolute Gasteiger partial charge is 0.497 e. The number of methoxy groups -OCH3 is 1. The fourth-order valence-corrected chi connectivity index (χ4v) is 1.74. The molecule has 0 spiro atoms. The van der Waals surface area contributed by atoms with Crippen LogP contribution in [0.15, 0.2) is 24.3 Å². The molecular weight excluding hydrogens is 210 g/mol. The van der Waals surface area contributed by atoms with Gasteiger partial charge in [0.2, 0.25) is 0 Å². The van der Waals surface area contributed by atoms with Gasteiger partial charge in [-0.1, -0.05) is 19.1 Å². The third kappa shape index (κ3) is 4.10. The normalized spacial score (nSPS) is 10.7. The third-order valence-corrected chi connectivity index (χ3v) is 2.56. The highest BCUT2D eigenvalue weighted by molar-refractivity contribution is 6.18. The van der Waals surface area contributed by atoms with E-state index in [9.17, 15) is 0 Å². The Balaban J connectivity index is 2.61. The van der Waals surface area contributed by atoms with Crippen molar-refractivity contribution in [3.8, 4) is 5.75 Å². The van der Waals surface area contributed by atoms with Crippen molar-refractivity contribution in [1.29, 1.82) is 0 Å². The summed E-state index contributed by atoms with van der Waals surface area (Å²) in [5.41, 5.74) is 1.27. The minimum absolute atomic E-state index is 0.678. The fraction of sp³-hybridized carbons (Fsp3) is 0.500. The van der Waals surface area contributed by atoms with E-state index in [1.807, 2.05) is 12.1 Å². The van der Waals surface area contributed by atoms with Gasteiger partial charge in [-0.3, -0.25) is 4.90 Å². The van der Waals surface area contributed by atoms with Crippen LogP contribution in [-0.2, 0) is 6.54 Å². The highest BCUT2D eigenvalue weighted by Gasteiger charge is 2.03. The number of hydrogen-bond donors (Lipinski definition) is 0. The summed E-state index contributed by atoms with van der Waals surface area (Å²) in [7, 11) is 1.69. The summed E-state index contributed by atoms with van der Waals surface area (Å²) in [6, 6.07) is 8.15. The molecule has 1 aromatic carbocycles. The van der Waals surface area contributed by atoms with Gasteiger partial charge in [0.05, 0.1) is 7.11 Å². The molecule has 1 rings (SSSR count). The average Bonchev–Trinajstić information content (AvgIpc) is 2.29. The van der Waals surface area contributed by atoms with Crippen molar-refractivity contribution in [3.05, 3.63) is 29.8 Å². The van der Waals surface area contributed by atoms with Crippen LogP contribution in [0.3, 0.4) is 0 Å². The molecule has 3 heteroatoms. The second-order valence-corrected chi connectivity index (χ2v) is 3.79. The Morgan fingerprint density at radius 2 is 2.20 bits per heavy atom. The van der Waals surface area contributed by atoms with Crippen molar-refractivity contribution < 1.29 is 4.74 Å². The number of benzene rings is 1. The van der Waals surface area contributed by atoms with Crippen LogP contribution < -0.4 is 4.74 Å². The number of rotatable bonds is 6. The lowest BCUT2D eigenvalue weighted by Crippen LogP contribution is -2.24. The molecule has 0 saturated carbocycles. The molecule has 84 valence electrons. The van der Waals surface area contributed by atoms with Crippen LogP contribution in [0.1, 0.15) is 12.5 Å². The van der Waals surface area contributed by atoms with Gasteiger partial charge >= 0.3 is 0 Å². The molecule has 0 amide bonds. The maximum Gasteiger partial charge on any atom is 0.119 e. The maximum atomic E-state index is 5.73. The number of ether oxygens (including phenoxy) is 1. The highest BCUT2D eigenvalue weighted by atomic mass is 35.5. The van der Waals surface area contributed by atoms with Crippen molar-refractivity contribution in [1.82, 2.24) is 4.90 Å². The van der Waals surface area contributed by atoms with Crippen LogP contribution in [-0.4, -0.2) is 31.0 Å². The SMILES string of the molecule is CCN(CCCl)Cc1cccc(OC)c1. The molecule has 0 aliphatic rings. The number of hydrogen-bond acceptors (Lipinski definition) is 2. The molecule has 2 nitrogen and oxygen atoms in total. The molecule has 0 fully saturated rings. The van der Waals surface area contributed by atoms with Crippen LogP contribution in [0, 0.1) is 0 Å². The van der Waals surface area contributed by atoms with E-state index in [4.69, 9.17) is 16.3 Å². The first-order valence-corrected chi connectivity index (χ1v) is 5.74. The lowest BCUT2D eigenvalue weighted by molar-refractivity contribution is 0.297. The molecule has 0 bridgehead atoms. The van der Waals surface area contributed by atoms with Gasteiger partial charge in [-0.2, -0.15) is 0 Å². The quantitative estimate of drug-likeness (QED) is 0.693. The van der Waals surface area contributed by atoms with E-state index in [0.29, 0.717) is 5.88 Å². The van der Waals surface area contributed by atoms with Crippen LogP contribution >= 0.6 is 11.6 Å². The first-order chi connectivity index (χ1) is 7.30. The Morgan fingerprint density at radius 1 is 1.40 bits per heavy atom. The maximum absolute atomic E-state index is 5.73. The van der Waals surface area contributed by atoms with E-state index >= 15 is 0 Å². The van der Waals surface area contributed by atoms with Crippen molar-refractivity contribution in [2.75, 3.05) is 26.1 Å². The molecule has 0 atom stereocenters. The van der Waals surface area contributed by atoms with Crippen LogP contribution in [0.2, 0.25) is 0 Å². The molecule has 0 aliphatic heterocycles. The van der Waals surface area contributed by atoms with E-state index in [1.165, 1.54) is 5.56 Å². The fourth-order valence-electron chi connectivity index (χ4n) is 1.50. The minimum atomic E-state index is 0.678. The lowest BCUT2D eigenvalue weighted by atomic mass is 10.2. The summed E-state index contributed by atoms with van der Waals surface area (Å²) in [6.45, 7) is 5.02. The second-order valence-electron chi connectivity index (χ2n) is 3.41. The van der Waals surface area contributed by atoms with Gasteiger partial charge in [-0.25, -0.2) is 0 Å². The van der Waals surface area contributed by atoms with Gasteiger partial charge in [-0.05, 0) is 24.2 Å². The summed E-state index contributed by atoms with van der Waals surface area (Å²) in [5, 5.41) is 0. The molecule has 15 heavy (non-hydrogen) atoms. The zero-order valence-electron chi connectivity index (χ0n) is 9.37. The lowest BCUT2D eigenvalue weighted by Gasteiger charge is -2.19. The molecule has 0 heterocycles. The van der Waals surface area contributed by atoms with Gasteiger partial charge in [0.25, 0.3) is 0 Å². The first kappa shape index (κ1) is 12.3. The Kier molecular flexibility index (Phi) is 5.51. The predicted molar refractivity (Wildman–Crippen MR) is 64.7 cm³/mol. The van der Waals surface area contributed by atoms with Gasteiger partial charge < -0.3 is 4.74 Å². The number of alkyl halides is 1. The second kappa shape index (κ2) is 6.70. The van der Waals surface area contributed by atoms with Gasteiger partial charge in [-0.15, -0.1) is 11.6 Å². The number of nitrogens with zero attached hydrogens (tertiary/aromatic N) is 1. The molecule has 0 saturated heterocycles. The summed E-state index contributed by atoms with van der Waals surface area (Å²) >= 11 is 5.73. The smallest absolute Gasteiger partial charge is 0.119 e. The Hall–Kier alpha value is -0.730. The summed E-state index contributed by atoms with van der Waals surface area (Å²) in [5.74, 6) is 1.59. The van der Waals surface area contributed by atoms with E-state index < -0.39 is 0 Å². The zero-order chi connectivity index (χ0) is 11.1. The third-order valence-electron chi connectivity index (χ3n) is 2.39. The molecule has 0 unspecified atom stereocenters. The van der Waals surface area contributed by atoms with Crippen molar-refractivity contribution in [2.45, 2.75) is 13.5 Å². The summed E-state index contributed by atoms with van der Waals surface area (Å²) in [4.78, 5) is 2.31. The zero-order valence-corrected chi connectivity index (χ0v) is 10.1. The van der Waals surface area contributed by atoms with E-state index in [-0.39, 0.29) is 0 Å². The van der Waals surface area contributed by atoms with Gasteiger partial charge in [0.1, 0.15) is 5.75 Å². The van der Waals surface area contributed by atoms with Crippen molar-refractivity contribution >= 4 is 11.6 Å². The monoisotopic (exact) mass is 227 g/mol. The van der Waals surface area contributed by atoms with E-state index in [2.05, 4.69) is 24.0 Å². The minimum Gasteiger partial charge on any atom is -0.497 e. The van der Waals surface area contributed by atoms with Crippen molar-refractivity contribution in [3.63, 3.8) is 0 Å². The summed E-state index contributed by atoms with van der Waals surface area (Å²) in [6.07, 6.45) is 0. The van der Waals surface area contributed by atoms with Crippen molar-refractivity contribution in [2.24, 2.45) is 0 Å². The first-order valence-electron chi connectivity index (χ1n) is 5.21. The van der Waals surface area contributed by atoms with Crippen LogP contribution in [0.5, 0.6) is 5.75 Å². The topological polar surface area (TPSA) is 12.5 Å². The Bertz CT molecular complexity index is 291. The predicted octanol–water partition coefficient (Wildman–Crippen LogP) is 2.76. The summed E-state index contributed by atoms with van der Waals surface area (Å²) < 4.78 is 5.19. The molecular formula is C12H18ClNO. The van der Waals surface area contributed by atoms with Crippen LogP contribution in [0.4, 0.5) is 0 Å². The Labute approximate surface area is 96.8 Å².